The van der Waals surface area contributed by atoms with Crippen LogP contribution in [0.25, 0.3) is 28.2 Å². The number of hydrogen-bond donors (Lipinski definition) is 2. The van der Waals surface area contributed by atoms with E-state index in [0.29, 0.717) is 46.7 Å². The van der Waals surface area contributed by atoms with E-state index in [-0.39, 0.29) is 41.3 Å². The summed E-state index contributed by atoms with van der Waals surface area (Å²) in [5.74, 6) is 0.0562. The molecule has 2 bridgehead atoms. The van der Waals surface area contributed by atoms with Gasteiger partial charge in [-0.05, 0) is 44.7 Å². The Morgan fingerprint density at radius 2 is 1.93 bits per heavy atom. The zero-order valence-electron chi connectivity index (χ0n) is 22.1. The highest BCUT2D eigenvalue weighted by Crippen LogP contribution is 2.45. The van der Waals surface area contributed by atoms with E-state index in [1.165, 1.54) is 22.4 Å². The molecule has 5 aromatic rings. The minimum absolute atomic E-state index is 0.00240. The molecule has 3 N–H and O–H groups in total. The number of aromatic nitrogens is 9. The van der Waals surface area contributed by atoms with Crippen molar-refractivity contribution in [3.8, 4) is 22.5 Å². The van der Waals surface area contributed by atoms with Gasteiger partial charge >= 0.3 is 0 Å². The number of carbonyl (C=O) groups is 2. The Kier molecular flexibility index (Phi) is 5.83. The second-order valence-electron chi connectivity index (χ2n) is 10.5. The predicted octanol–water partition coefficient (Wildman–Crippen LogP) is 3.04. The van der Waals surface area contributed by atoms with E-state index in [1.54, 1.807) is 30.7 Å². The van der Waals surface area contributed by atoms with Crippen LogP contribution in [0.5, 0.6) is 0 Å². The first-order valence-electron chi connectivity index (χ1n) is 13.4. The molecule has 0 saturated carbocycles. The fourth-order valence-corrected chi connectivity index (χ4v) is 6.33. The maximum Gasteiger partial charge on any atom is 0.292 e. The number of nitrogen functional groups attached to an aromatic ring is 1. The molecule has 7 heterocycles. The average molecular weight is 556 g/mol. The first kappa shape index (κ1) is 25.0. The molecule has 14 heteroatoms. The SMILES string of the molecule is CC(=O)c1c([C@@H]2C[C@H]3CC[C@@H](C2)N3C(=O)c2nnc[nH]2)nc2c(-c3ccc(-c4ccn(CF)n4)nc3)cnn2c1N. The number of ketones is 1. The van der Waals surface area contributed by atoms with Crippen molar-refractivity contribution in [2.75, 3.05) is 5.73 Å². The number of fused-ring (bicyclic) bond motifs is 3. The van der Waals surface area contributed by atoms with E-state index >= 15 is 0 Å². The largest absolute Gasteiger partial charge is 0.383 e. The normalized spacial score (nSPS) is 20.1. The van der Waals surface area contributed by atoms with Gasteiger partial charge in [0.25, 0.3) is 5.91 Å². The van der Waals surface area contributed by atoms with Crippen LogP contribution in [-0.4, -0.2) is 73.2 Å². The van der Waals surface area contributed by atoms with Gasteiger partial charge in [-0.3, -0.25) is 14.6 Å². The number of nitrogens with zero attached hydrogens (tertiary/aromatic N) is 9. The number of H-pyrrole nitrogens is 1. The first-order valence-corrected chi connectivity index (χ1v) is 13.4. The van der Waals surface area contributed by atoms with Gasteiger partial charge in [-0.15, -0.1) is 10.2 Å². The lowest BCUT2D eigenvalue weighted by atomic mass is 9.85. The van der Waals surface area contributed by atoms with Crippen LogP contribution in [0.15, 0.2) is 43.1 Å². The van der Waals surface area contributed by atoms with E-state index in [0.717, 1.165) is 18.4 Å². The molecule has 1 amide bonds. The minimum atomic E-state index is -0.712. The number of piperidine rings is 1. The minimum Gasteiger partial charge on any atom is -0.383 e. The van der Waals surface area contributed by atoms with Crippen molar-refractivity contribution >= 4 is 23.2 Å². The van der Waals surface area contributed by atoms with Crippen molar-refractivity contribution < 1.29 is 14.0 Å². The third-order valence-electron chi connectivity index (χ3n) is 8.14. The van der Waals surface area contributed by atoms with Crippen LogP contribution in [0.3, 0.4) is 0 Å². The molecule has 3 atom stereocenters. The lowest BCUT2D eigenvalue weighted by Crippen LogP contribution is -2.46. The summed E-state index contributed by atoms with van der Waals surface area (Å²) >= 11 is 0. The number of amides is 1. The molecule has 5 aromatic heterocycles. The molecule has 2 fully saturated rings. The topological polar surface area (TPSA) is 166 Å². The summed E-state index contributed by atoms with van der Waals surface area (Å²) in [6.07, 6.45) is 9.35. The van der Waals surface area contributed by atoms with Crippen LogP contribution in [0.1, 0.15) is 65.2 Å². The van der Waals surface area contributed by atoms with Crippen LogP contribution in [0, 0.1) is 0 Å². The van der Waals surface area contributed by atoms with Gasteiger partial charge in [-0.2, -0.15) is 14.7 Å². The van der Waals surface area contributed by atoms with E-state index in [9.17, 15) is 14.0 Å². The van der Waals surface area contributed by atoms with Crippen molar-refractivity contribution in [3.63, 3.8) is 0 Å². The van der Waals surface area contributed by atoms with Crippen molar-refractivity contribution in [1.29, 1.82) is 0 Å². The zero-order chi connectivity index (χ0) is 28.2. The van der Waals surface area contributed by atoms with Crippen LogP contribution in [-0.2, 0) is 6.80 Å². The molecule has 2 saturated heterocycles. The highest BCUT2D eigenvalue weighted by atomic mass is 19.1. The third-order valence-corrected chi connectivity index (χ3v) is 8.14. The number of anilines is 1. The fourth-order valence-electron chi connectivity index (χ4n) is 6.33. The number of nitrogens with one attached hydrogen (secondary N) is 1. The molecule has 0 unspecified atom stereocenters. The Labute approximate surface area is 232 Å². The predicted molar refractivity (Wildman–Crippen MR) is 144 cm³/mol. The van der Waals surface area contributed by atoms with Gasteiger partial charge < -0.3 is 15.6 Å². The second kappa shape index (κ2) is 9.57. The Balaban J connectivity index is 1.25. The summed E-state index contributed by atoms with van der Waals surface area (Å²) in [6.45, 7) is 0.771. The summed E-state index contributed by atoms with van der Waals surface area (Å²) in [4.78, 5) is 40.2. The molecule has 2 aliphatic heterocycles. The molecule has 7 rings (SSSR count). The fraction of sp³-hybridized carbons (Fsp3) is 0.333. The zero-order valence-corrected chi connectivity index (χ0v) is 22.1. The van der Waals surface area contributed by atoms with Crippen LogP contribution >= 0.6 is 0 Å². The van der Waals surface area contributed by atoms with Crippen molar-refractivity contribution in [3.05, 3.63) is 60.2 Å². The van der Waals surface area contributed by atoms with Crippen molar-refractivity contribution in [2.24, 2.45) is 0 Å². The van der Waals surface area contributed by atoms with E-state index < -0.39 is 6.80 Å². The third kappa shape index (κ3) is 4.05. The number of pyridine rings is 1. The molecule has 41 heavy (non-hydrogen) atoms. The molecule has 13 nitrogen and oxygen atoms in total. The van der Waals surface area contributed by atoms with Gasteiger partial charge in [0.2, 0.25) is 5.82 Å². The highest BCUT2D eigenvalue weighted by Gasteiger charge is 2.45. The number of aromatic amines is 1. The first-order chi connectivity index (χ1) is 19.9. The highest BCUT2D eigenvalue weighted by molar-refractivity contribution is 6.00. The lowest BCUT2D eigenvalue weighted by molar-refractivity contribution is 0.0556. The molecule has 2 aliphatic rings. The Bertz CT molecular complexity index is 1760. The molecule has 208 valence electrons. The summed E-state index contributed by atoms with van der Waals surface area (Å²) < 4.78 is 15.6. The standard InChI is InChI=1S/C27H26FN11O2/c1-14(40)22-23(16-8-17-3-4-18(9-16)38(17)27(41)25-31-13-32-35-25)34-26-19(11-33-39(26)24(22)29)15-2-5-20(30-10-15)21-6-7-37(12-28)36-21/h2,5-7,10-11,13,16-18H,3-4,8-9,12,29H2,1H3,(H,31,32,35)/t16-,17-,18+. The molecular formula is C27H26FN11O2. The van der Waals surface area contributed by atoms with Gasteiger partial charge in [-0.1, -0.05) is 6.07 Å². The second-order valence-corrected chi connectivity index (χ2v) is 10.5. The number of halogens is 1. The van der Waals surface area contributed by atoms with Crippen LogP contribution in [0.2, 0.25) is 0 Å². The molecule has 0 aromatic carbocycles. The van der Waals surface area contributed by atoms with E-state index in [4.69, 9.17) is 10.7 Å². The monoisotopic (exact) mass is 555 g/mol. The Hall–Kier alpha value is -5.01. The summed E-state index contributed by atoms with van der Waals surface area (Å²) in [5, 5.41) is 16.3. The molecule has 0 spiro atoms. The summed E-state index contributed by atoms with van der Waals surface area (Å²) in [5.41, 5.74) is 10.7. The quantitative estimate of drug-likeness (QED) is 0.299. The van der Waals surface area contributed by atoms with Crippen LogP contribution in [0.4, 0.5) is 10.2 Å². The molecule has 0 radical (unpaired) electrons. The van der Waals surface area contributed by atoms with Crippen LogP contribution < -0.4 is 5.73 Å². The van der Waals surface area contributed by atoms with Crippen molar-refractivity contribution in [1.82, 2.24) is 49.4 Å². The lowest BCUT2D eigenvalue weighted by Gasteiger charge is -2.38. The maximum absolute atomic E-state index is 13.1. The number of carbonyl (C=O) groups excluding carboxylic acids is 2. The van der Waals surface area contributed by atoms with Crippen molar-refractivity contribution in [2.45, 2.75) is 57.4 Å². The van der Waals surface area contributed by atoms with Gasteiger partial charge in [-0.25, -0.2) is 14.1 Å². The molecular weight excluding hydrogens is 529 g/mol. The van der Waals surface area contributed by atoms with Gasteiger partial charge in [0.05, 0.1) is 23.1 Å². The Morgan fingerprint density at radius 3 is 2.56 bits per heavy atom. The van der Waals surface area contributed by atoms with E-state index in [2.05, 4.69) is 30.4 Å². The number of nitrogens with two attached hydrogens (primary N) is 1. The van der Waals surface area contributed by atoms with Gasteiger partial charge in [0.15, 0.2) is 18.2 Å². The maximum atomic E-state index is 13.1. The summed E-state index contributed by atoms with van der Waals surface area (Å²) in [6, 6.07) is 5.37. The van der Waals surface area contributed by atoms with Gasteiger partial charge in [0, 0.05) is 41.5 Å². The number of alkyl halides is 1. The number of rotatable bonds is 6. The Morgan fingerprint density at radius 1 is 1.12 bits per heavy atom. The van der Waals surface area contributed by atoms with E-state index in [1.807, 2.05) is 11.0 Å². The summed E-state index contributed by atoms with van der Waals surface area (Å²) in [7, 11) is 0. The number of Topliss-reactive ketones (excluding diaryl/α,β-unsaturated/α-hetero) is 1. The smallest absolute Gasteiger partial charge is 0.292 e. The average Bonchev–Trinajstić information content (AvgIpc) is 3.79. The van der Waals surface area contributed by atoms with Gasteiger partial charge in [0.1, 0.15) is 17.8 Å². The molecule has 0 aliphatic carbocycles. The number of hydrogen-bond acceptors (Lipinski definition) is 9.